The fraction of sp³-hybridized carbons (Fsp3) is 0.333. The average molecular weight is 345 g/mol. The number of amides is 2. The average Bonchev–Trinajstić information content (AvgIpc) is 2.64. The van der Waals surface area contributed by atoms with Gasteiger partial charge in [0, 0.05) is 43.9 Å². The second-order valence-electron chi connectivity index (χ2n) is 5.74. The Labute approximate surface area is 147 Å². The van der Waals surface area contributed by atoms with Crippen molar-refractivity contribution in [1.82, 2.24) is 15.2 Å². The van der Waals surface area contributed by atoms with Gasteiger partial charge < -0.3 is 15.1 Å². The standard InChI is InChI=1S/C18H21ClN4O/c19-16-6-2-1-5-15(16)8-10-21-18(24)23-13-11-22(12-14-23)17-7-3-4-9-20-17/h1-7,9H,8,10-14H2,(H,21,24). The van der Waals surface area contributed by atoms with E-state index in [0.29, 0.717) is 19.6 Å². The van der Waals surface area contributed by atoms with Gasteiger partial charge in [-0.3, -0.25) is 0 Å². The predicted octanol–water partition coefficient (Wildman–Crippen LogP) is 2.81. The minimum Gasteiger partial charge on any atom is -0.353 e. The molecule has 126 valence electrons. The van der Waals surface area contributed by atoms with E-state index in [-0.39, 0.29) is 6.03 Å². The van der Waals surface area contributed by atoms with Crippen molar-refractivity contribution in [3.05, 3.63) is 59.2 Å². The predicted molar refractivity (Wildman–Crippen MR) is 96.6 cm³/mol. The highest BCUT2D eigenvalue weighted by molar-refractivity contribution is 6.31. The molecule has 2 aromatic rings. The molecule has 5 nitrogen and oxygen atoms in total. The van der Waals surface area contributed by atoms with Crippen molar-refractivity contribution >= 4 is 23.4 Å². The fourth-order valence-electron chi connectivity index (χ4n) is 2.80. The van der Waals surface area contributed by atoms with Crippen LogP contribution in [0.15, 0.2) is 48.7 Å². The van der Waals surface area contributed by atoms with Gasteiger partial charge in [-0.1, -0.05) is 35.9 Å². The van der Waals surface area contributed by atoms with Crippen molar-refractivity contribution < 1.29 is 4.79 Å². The van der Waals surface area contributed by atoms with Crippen LogP contribution in [0.25, 0.3) is 0 Å². The first kappa shape index (κ1) is 16.6. The Morgan fingerprint density at radius 3 is 2.54 bits per heavy atom. The molecule has 24 heavy (non-hydrogen) atoms. The van der Waals surface area contributed by atoms with Crippen LogP contribution in [-0.4, -0.2) is 48.6 Å². The lowest BCUT2D eigenvalue weighted by Gasteiger charge is -2.35. The van der Waals surface area contributed by atoms with Gasteiger partial charge in [-0.2, -0.15) is 0 Å². The number of anilines is 1. The number of rotatable bonds is 4. The van der Waals surface area contributed by atoms with Gasteiger partial charge in [0.25, 0.3) is 0 Å². The number of hydrogen-bond acceptors (Lipinski definition) is 3. The number of nitrogens with zero attached hydrogens (tertiary/aromatic N) is 3. The lowest BCUT2D eigenvalue weighted by molar-refractivity contribution is 0.194. The van der Waals surface area contributed by atoms with E-state index in [2.05, 4.69) is 15.2 Å². The number of pyridine rings is 1. The summed E-state index contributed by atoms with van der Waals surface area (Å²) >= 11 is 6.13. The molecule has 1 saturated heterocycles. The molecule has 0 bridgehead atoms. The summed E-state index contributed by atoms with van der Waals surface area (Å²) in [6, 6.07) is 13.6. The van der Waals surface area contributed by atoms with Crippen LogP contribution in [0.4, 0.5) is 10.6 Å². The SMILES string of the molecule is O=C(NCCc1ccccc1Cl)N1CCN(c2ccccn2)CC1. The van der Waals surface area contributed by atoms with Crippen LogP contribution >= 0.6 is 11.6 Å². The Kier molecular flexibility index (Phi) is 5.54. The minimum absolute atomic E-state index is 0.0114. The molecule has 2 amide bonds. The van der Waals surface area contributed by atoms with Gasteiger partial charge in [-0.15, -0.1) is 0 Å². The summed E-state index contributed by atoms with van der Waals surface area (Å²) < 4.78 is 0. The molecule has 0 unspecified atom stereocenters. The third kappa shape index (κ3) is 4.17. The van der Waals surface area contributed by atoms with E-state index >= 15 is 0 Å². The minimum atomic E-state index is -0.0114. The van der Waals surface area contributed by atoms with Gasteiger partial charge in [0.2, 0.25) is 0 Å². The third-order valence-corrected chi connectivity index (χ3v) is 4.54. The topological polar surface area (TPSA) is 48.5 Å². The second-order valence-corrected chi connectivity index (χ2v) is 6.14. The number of hydrogen-bond donors (Lipinski definition) is 1. The van der Waals surface area contributed by atoms with Crippen LogP contribution in [0.3, 0.4) is 0 Å². The number of piperazine rings is 1. The van der Waals surface area contributed by atoms with Crippen LogP contribution < -0.4 is 10.2 Å². The summed E-state index contributed by atoms with van der Waals surface area (Å²) in [5.41, 5.74) is 1.06. The summed E-state index contributed by atoms with van der Waals surface area (Å²) in [6.45, 7) is 3.59. The van der Waals surface area contributed by atoms with Crippen molar-refractivity contribution in [3.63, 3.8) is 0 Å². The largest absolute Gasteiger partial charge is 0.353 e. The molecule has 6 heteroatoms. The number of carbonyl (C=O) groups excluding carboxylic acids is 1. The summed E-state index contributed by atoms with van der Waals surface area (Å²) in [5.74, 6) is 0.969. The molecule has 0 radical (unpaired) electrons. The molecule has 1 aliphatic heterocycles. The Hall–Kier alpha value is -2.27. The lowest BCUT2D eigenvalue weighted by atomic mass is 10.1. The number of nitrogens with one attached hydrogen (secondary N) is 1. The first-order valence-electron chi connectivity index (χ1n) is 8.16. The van der Waals surface area contributed by atoms with Crippen LogP contribution in [0.1, 0.15) is 5.56 Å². The summed E-state index contributed by atoms with van der Waals surface area (Å²) in [7, 11) is 0. The highest BCUT2D eigenvalue weighted by atomic mass is 35.5. The van der Waals surface area contributed by atoms with Crippen molar-refractivity contribution in [3.8, 4) is 0 Å². The maximum atomic E-state index is 12.3. The number of halogens is 1. The monoisotopic (exact) mass is 344 g/mol. The molecule has 1 aliphatic rings. The smallest absolute Gasteiger partial charge is 0.317 e. The maximum absolute atomic E-state index is 12.3. The van der Waals surface area contributed by atoms with E-state index in [1.54, 1.807) is 6.20 Å². The Bertz CT molecular complexity index is 672. The number of aromatic nitrogens is 1. The molecule has 0 aliphatic carbocycles. The van der Waals surface area contributed by atoms with Gasteiger partial charge in [0.15, 0.2) is 0 Å². The highest BCUT2D eigenvalue weighted by Gasteiger charge is 2.21. The van der Waals surface area contributed by atoms with Crippen molar-refractivity contribution in [2.75, 3.05) is 37.6 Å². The Balaban J connectivity index is 1.43. The van der Waals surface area contributed by atoms with Crippen molar-refractivity contribution in [1.29, 1.82) is 0 Å². The van der Waals surface area contributed by atoms with Crippen molar-refractivity contribution in [2.45, 2.75) is 6.42 Å². The molecule has 1 aromatic carbocycles. The third-order valence-electron chi connectivity index (χ3n) is 4.17. The number of carbonyl (C=O) groups is 1. The first-order chi connectivity index (χ1) is 11.7. The van der Waals surface area contributed by atoms with E-state index in [0.717, 1.165) is 35.9 Å². The van der Waals surface area contributed by atoms with Gasteiger partial charge in [0.1, 0.15) is 5.82 Å². The molecule has 3 rings (SSSR count). The zero-order valence-electron chi connectivity index (χ0n) is 13.5. The Morgan fingerprint density at radius 2 is 1.83 bits per heavy atom. The first-order valence-corrected chi connectivity index (χ1v) is 8.54. The highest BCUT2D eigenvalue weighted by Crippen LogP contribution is 2.15. The summed E-state index contributed by atoms with van der Waals surface area (Å²) in [5, 5.41) is 3.72. The van der Waals surface area contributed by atoms with Gasteiger partial charge in [-0.25, -0.2) is 9.78 Å². The van der Waals surface area contributed by atoms with Gasteiger partial charge in [-0.05, 0) is 30.2 Å². The van der Waals surface area contributed by atoms with Gasteiger partial charge >= 0.3 is 6.03 Å². The molecule has 0 atom stereocenters. The molecule has 2 heterocycles. The molecule has 1 N–H and O–H groups in total. The van der Waals surface area contributed by atoms with E-state index in [1.807, 2.05) is 47.4 Å². The van der Waals surface area contributed by atoms with Crippen LogP contribution in [0.2, 0.25) is 5.02 Å². The zero-order valence-corrected chi connectivity index (χ0v) is 14.2. The van der Waals surface area contributed by atoms with E-state index < -0.39 is 0 Å². The van der Waals surface area contributed by atoms with E-state index in [9.17, 15) is 4.79 Å². The van der Waals surface area contributed by atoms with Crippen LogP contribution in [-0.2, 0) is 6.42 Å². The van der Waals surface area contributed by atoms with Crippen molar-refractivity contribution in [2.24, 2.45) is 0 Å². The maximum Gasteiger partial charge on any atom is 0.317 e. The molecule has 1 aromatic heterocycles. The van der Waals surface area contributed by atoms with Crippen LogP contribution in [0, 0.1) is 0 Å². The molecule has 0 spiro atoms. The van der Waals surface area contributed by atoms with E-state index in [1.165, 1.54) is 0 Å². The Morgan fingerprint density at radius 1 is 1.08 bits per heavy atom. The second kappa shape index (κ2) is 8.02. The fourth-order valence-corrected chi connectivity index (χ4v) is 3.03. The molecular weight excluding hydrogens is 324 g/mol. The number of benzene rings is 1. The summed E-state index contributed by atoms with van der Waals surface area (Å²) in [6.07, 6.45) is 2.53. The molecular formula is C18H21ClN4O. The summed E-state index contributed by atoms with van der Waals surface area (Å²) in [4.78, 5) is 20.7. The normalized spacial score (nSPS) is 14.5. The molecule has 0 saturated carbocycles. The zero-order chi connectivity index (χ0) is 16.8. The lowest BCUT2D eigenvalue weighted by Crippen LogP contribution is -2.52. The number of urea groups is 1. The van der Waals surface area contributed by atoms with Crippen LogP contribution in [0.5, 0.6) is 0 Å². The quantitative estimate of drug-likeness (QED) is 0.927. The molecule has 1 fully saturated rings. The van der Waals surface area contributed by atoms with Gasteiger partial charge in [0.05, 0.1) is 0 Å². The van der Waals surface area contributed by atoms with E-state index in [4.69, 9.17) is 11.6 Å².